The van der Waals surface area contributed by atoms with E-state index in [-0.39, 0.29) is 0 Å². The summed E-state index contributed by atoms with van der Waals surface area (Å²) in [7, 11) is 0. The molecule has 7 heteroatoms. The molecule has 3 N–H and O–H groups in total. The van der Waals surface area contributed by atoms with Crippen LogP contribution in [-0.2, 0) is 0 Å². The van der Waals surface area contributed by atoms with E-state index in [1.807, 2.05) is 37.3 Å². The first-order valence-corrected chi connectivity index (χ1v) is 10.5. The van der Waals surface area contributed by atoms with Gasteiger partial charge < -0.3 is 20.9 Å². The smallest absolute Gasteiger partial charge is 0.159 e. The Morgan fingerprint density at radius 2 is 1.61 bits per heavy atom. The summed E-state index contributed by atoms with van der Waals surface area (Å²) in [5, 5.41) is 4.45. The number of piperazine rings is 1. The van der Waals surface area contributed by atoms with Crippen molar-refractivity contribution in [1.29, 1.82) is 0 Å². The number of para-hydroxylation sites is 2. The number of nitrogens with zero attached hydrogens (tertiary/aromatic N) is 5. The van der Waals surface area contributed by atoms with Crippen molar-refractivity contribution in [3.63, 3.8) is 0 Å². The highest BCUT2D eigenvalue weighted by atomic mass is 15.3. The monoisotopic (exact) mass is 411 g/mol. The largest absolute Gasteiger partial charge is 0.393 e. The van der Waals surface area contributed by atoms with Gasteiger partial charge in [-0.2, -0.15) is 0 Å². The Hall–Kier alpha value is -3.87. The Morgan fingerprint density at radius 1 is 0.839 bits per heavy atom. The number of nitrogens with one attached hydrogen (secondary N) is 1. The molecule has 1 aliphatic heterocycles. The van der Waals surface area contributed by atoms with Gasteiger partial charge in [-0.05, 0) is 31.2 Å². The SMILES string of the molecule is Cc1ccc2cccc(Nc3ncnc(N4CCN(c5ccccc5)CC4)c3N)c2n1. The number of hydrogen-bond acceptors (Lipinski definition) is 7. The van der Waals surface area contributed by atoms with Crippen molar-refractivity contribution in [2.45, 2.75) is 6.92 Å². The molecule has 2 aromatic carbocycles. The van der Waals surface area contributed by atoms with E-state index in [0.717, 1.165) is 54.3 Å². The lowest BCUT2D eigenvalue weighted by Gasteiger charge is -2.37. The minimum absolute atomic E-state index is 0.556. The Kier molecular flexibility index (Phi) is 5.00. The van der Waals surface area contributed by atoms with Gasteiger partial charge in [-0.15, -0.1) is 0 Å². The van der Waals surface area contributed by atoms with E-state index in [0.29, 0.717) is 11.5 Å². The number of aromatic nitrogens is 3. The molecule has 1 aliphatic rings. The first kappa shape index (κ1) is 19.1. The normalized spacial score (nSPS) is 14.1. The lowest BCUT2D eigenvalue weighted by atomic mass is 10.1. The van der Waals surface area contributed by atoms with Gasteiger partial charge in [0.05, 0.1) is 11.2 Å². The number of hydrogen-bond donors (Lipinski definition) is 2. The molecule has 0 unspecified atom stereocenters. The van der Waals surface area contributed by atoms with Crippen molar-refractivity contribution in [2.24, 2.45) is 0 Å². The average molecular weight is 412 g/mol. The van der Waals surface area contributed by atoms with Crippen LogP contribution >= 0.6 is 0 Å². The van der Waals surface area contributed by atoms with Crippen molar-refractivity contribution in [3.8, 4) is 0 Å². The molecule has 5 rings (SSSR count). The maximum absolute atomic E-state index is 6.52. The van der Waals surface area contributed by atoms with E-state index in [2.05, 4.69) is 60.4 Å². The Balaban J connectivity index is 1.37. The third-order valence-corrected chi connectivity index (χ3v) is 5.68. The quantitative estimate of drug-likeness (QED) is 0.525. The lowest BCUT2D eigenvalue weighted by Crippen LogP contribution is -2.47. The molecule has 0 aliphatic carbocycles. The van der Waals surface area contributed by atoms with Crippen LogP contribution in [0, 0.1) is 6.92 Å². The van der Waals surface area contributed by atoms with Crippen LogP contribution in [0.4, 0.5) is 28.7 Å². The number of pyridine rings is 1. The highest BCUT2D eigenvalue weighted by Gasteiger charge is 2.21. The summed E-state index contributed by atoms with van der Waals surface area (Å²) in [6.45, 7) is 5.53. The first-order valence-electron chi connectivity index (χ1n) is 10.5. The van der Waals surface area contributed by atoms with E-state index in [4.69, 9.17) is 5.73 Å². The molecule has 7 nitrogen and oxygen atoms in total. The molecule has 0 spiro atoms. The molecule has 1 saturated heterocycles. The van der Waals surface area contributed by atoms with Gasteiger partial charge >= 0.3 is 0 Å². The number of fused-ring (bicyclic) bond motifs is 1. The molecular formula is C24H25N7. The zero-order valence-electron chi connectivity index (χ0n) is 17.5. The van der Waals surface area contributed by atoms with Crippen LogP contribution in [0.25, 0.3) is 10.9 Å². The minimum atomic E-state index is 0.556. The summed E-state index contributed by atoms with van der Waals surface area (Å²) in [6, 6.07) is 20.6. The average Bonchev–Trinajstić information content (AvgIpc) is 2.81. The predicted octanol–water partition coefficient (Wildman–Crippen LogP) is 3.99. The van der Waals surface area contributed by atoms with Crippen molar-refractivity contribution >= 4 is 39.6 Å². The molecule has 0 bridgehead atoms. The summed E-state index contributed by atoms with van der Waals surface area (Å²) >= 11 is 0. The van der Waals surface area contributed by atoms with Crippen LogP contribution < -0.4 is 20.9 Å². The number of anilines is 5. The maximum Gasteiger partial charge on any atom is 0.159 e. The van der Waals surface area contributed by atoms with Gasteiger partial charge in [0, 0.05) is 42.9 Å². The molecule has 0 amide bonds. The van der Waals surface area contributed by atoms with Gasteiger partial charge in [0.15, 0.2) is 11.6 Å². The molecule has 2 aromatic heterocycles. The first-order chi connectivity index (χ1) is 15.2. The fraction of sp³-hybridized carbons (Fsp3) is 0.208. The van der Waals surface area contributed by atoms with Crippen molar-refractivity contribution in [3.05, 3.63) is 72.7 Å². The van der Waals surface area contributed by atoms with Gasteiger partial charge in [-0.25, -0.2) is 9.97 Å². The summed E-state index contributed by atoms with van der Waals surface area (Å²) in [4.78, 5) is 18.2. The van der Waals surface area contributed by atoms with Crippen LogP contribution in [0.3, 0.4) is 0 Å². The molecule has 3 heterocycles. The fourth-order valence-electron chi connectivity index (χ4n) is 4.03. The standard InChI is InChI=1S/C24H25N7/c1-17-10-11-18-6-5-9-20(22(18)28-17)29-23-21(25)24(27-16-26-23)31-14-12-30(13-15-31)19-7-3-2-4-8-19/h2-11,16H,12-15,25H2,1H3,(H,26,27,29). The second kappa shape index (κ2) is 8.10. The number of nitrogens with two attached hydrogens (primary N) is 1. The second-order valence-corrected chi connectivity index (χ2v) is 7.72. The van der Waals surface area contributed by atoms with E-state index >= 15 is 0 Å². The molecule has 31 heavy (non-hydrogen) atoms. The molecule has 156 valence electrons. The maximum atomic E-state index is 6.52. The molecule has 1 fully saturated rings. The highest BCUT2D eigenvalue weighted by Crippen LogP contribution is 2.31. The number of nitrogen functional groups attached to an aromatic ring is 1. The van der Waals surface area contributed by atoms with Crippen LogP contribution in [0.2, 0.25) is 0 Å². The third-order valence-electron chi connectivity index (χ3n) is 5.68. The van der Waals surface area contributed by atoms with E-state index in [1.165, 1.54) is 5.69 Å². The van der Waals surface area contributed by atoms with Crippen molar-refractivity contribution in [1.82, 2.24) is 15.0 Å². The Bertz CT molecular complexity index is 1200. The summed E-state index contributed by atoms with van der Waals surface area (Å²) in [6.07, 6.45) is 1.57. The number of benzene rings is 2. The Labute approximate surface area is 181 Å². The number of rotatable bonds is 4. The zero-order chi connectivity index (χ0) is 21.2. The van der Waals surface area contributed by atoms with E-state index in [9.17, 15) is 0 Å². The topological polar surface area (TPSA) is 83.2 Å². The Morgan fingerprint density at radius 3 is 2.42 bits per heavy atom. The highest BCUT2D eigenvalue weighted by molar-refractivity contribution is 5.93. The predicted molar refractivity (Wildman–Crippen MR) is 127 cm³/mol. The number of aryl methyl sites for hydroxylation is 1. The molecule has 4 aromatic rings. The molecular weight excluding hydrogens is 386 g/mol. The van der Waals surface area contributed by atoms with Crippen LogP contribution in [0.5, 0.6) is 0 Å². The van der Waals surface area contributed by atoms with Gasteiger partial charge in [0.1, 0.15) is 12.0 Å². The van der Waals surface area contributed by atoms with Gasteiger partial charge in [0.2, 0.25) is 0 Å². The summed E-state index contributed by atoms with van der Waals surface area (Å²) in [5.41, 5.74) is 11.1. The van der Waals surface area contributed by atoms with Crippen molar-refractivity contribution < 1.29 is 0 Å². The fourth-order valence-corrected chi connectivity index (χ4v) is 4.03. The third kappa shape index (κ3) is 3.82. The van der Waals surface area contributed by atoms with Crippen LogP contribution in [0.15, 0.2) is 67.0 Å². The van der Waals surface area contributed by atoms with E-state index in [1.54, 1.807) is 6.33 Å². The zero-order valence-corrected chi connectivity index (χ0v) is 17.5. The van der Waals surface area contributed by atoms with Gasteiger partial charge in [0.25, 0.3) is 0 Å². The van der Waals surface area contributed by atoms with Crippen LogP contribution in [-0.4, -0.2) is 41.1 Å². The van der Waals surface area contributed by atoms with Gasteiger partial charge in [-0.1, -0.05) is 36.4 Å². The summed E-state index contributed by atoms with van der Waals surface area (Å²) in [5.74, 6) is 1.38. The summed E-state index contributed by atoms with van der Waals surface area (Å²) < 4.78 is 0. The van der Waals surface area contributed by atoms with Crippen molar-refractivity contribution in [2.75, 3.05) is 47.0 Å². The van der Waals surface area contributed by atoms with E-state index < -0.39 is 0 Å². The molecule has 0 atom stereocenters. The molecule has 0 saturated carbocycles. The van der Waals surface area contributed by atoms with Crippen LogP contribution in [0.1, 0.15) is 5.69 Å². The minimum Gasteiger partial charge on any atom is -0.393 e. The lowest BCUT2D eigenvalue weighted by molar-refractivity contribution is 0.647. The second-order valence-electron chi connectivity index (χ2n) is 7.72. The van der Waals surface area contributed by atoms with Gasteiger partial charge in [-0.3, -0.25) is 4.98 Å². The molecule has 0 radical (unpaired) electrons.